The summed E-state index contributed by atoms with van der Waals surface area (Å²) in [6, 6.07) is 0.792. The van der Waals surface area contributed by atoms with Crippen molar-refractivity contribution in [1.82, 2.24) is 10.2 Å². The minimum absolute atomic E-state index is 0.121. The van der Waals surface area contributed by atoms with E-state index in [4.69, 9.17) is 0 Å². The van der Waals surface area contributed by atoms with Gasteiger partial charge in [0, 0.05) is 0 Å². The van der Waals surface area contributed by atoms with Gasteiger partial charge in [0.1, 0.15) is 0 Å². The molecule has 13 heavy (non-hydrogen) atoms. The molecule has 0 bridgehead atoms. The average Bonchev–Trinajstić information content (AvgIpc) is 2.47. The van der Waals surface area contributed by atoms with Gasteiger partial charge in [-0.1, -0.05) is 0 Å². The molecule has 0 spiro atoms. The van der Waals surface area contributed by atoms with Crippen molar-refractivity contribution in [2.75, 3.05) is 0 Å². The van der Waals surface area contributed by atoms with Crippen LogP contribution >= 0.6 is 0 Å². The summed E-state index contributed by atoms with van der Waals surface area (Å²) in [6.45, 7) is -0.174. The van der Waals surface area contributed by atoms with Crippen LogP contribution in [0.2, 0.25) is 0 Å². The van der Waals surface area contributed by atoms with Gasteiger partial charge >= 0.3 is 6.18 Å². The van der Waals surface area contributed by atoms with E-state index in [1.807, 2.05) is 0 Å². The van der Waals surface area contributed by atoms with Crippen LogP contribution in [0, 0.1) is 0 Å². The van der Waals surface area contributed by atoms with Crippen LogP contribution in [0.25, 0.3) is 0 Å². The van der Waals surface area contributed by atoms with Crippen LogP contribution in [0.15, 0.2) is 11.1 Å². The molecule has 0 atom stereocenters. The molecule has 1 aromatic rings. The van der Waals surface area contributed by atoms with Gasteiger partial charge in [-0.2, -0.15) is 23.3 Å². The minimum atomic E-state index is -4.47. The van der Waals surface area contributed by atoms with Crippen molar-refractivity contribution < 1.29 is 18.0 Å². The molecule has 0 radical (unpaired) electrons. The maximum Gasteiger partial charge on any atom is 0.435 e. The number of hydrogen-bond donors (Lipinski definition) is 1. The molecule has 0 aromatic carbocycles. The van der Waals surface area contributed by atoms with E-state index in [-0.39, 0.29) is 12.2 Å². The Morgan fingerprint density at radius 3 is 2.77 bits per heavy atom. The van der Waals surface area contributed by atoms with Crippen LogP contribution in [-0.2, 0) is 17.5 Å². The van der Waals surface area contributed by atoms with Crippen LogP contribution < -0.4 is 0 Å². The lowest BCUT2D eigenvalue weighted by atomic mass is 10.3. The van der Waals surface area contributed by atoms with E-state index in [1.165, 1.54) is 6.08 Å². The number of isocyanates is 1. The zero-order valence-electron chi connectivity index (χ0n) is 6.22. The first kappa shape index (κ1) is 9.47. The summed E-state index contributed by atoms with van der Waals surface area (Å²) in [5.74, 6) is 0. The Labute approximate surface area is 70.5 Å². The summed E-state index contributed by atoms with van der Waals surface area (Å²) in [4.78, 5) is 12.7. The van der Waals surface area contributed by atoms with Gasteiger partial charge in [-0.3, -0.25) is 5.10 Å². The molecule has 1 aromatic heterocycles. The number of H-pyrrole nitrogens is 1. The van der Waals surface area contributed by atoms with Gasteiger partial charge in [0.2, 0.25) is 6.08 Å². The summed E-state index contributed by atoms with van der Waals surface area (Å²) < 4.78 is 35.8. The van der Waals surface area contributed by atoms with E-state index >= 15 is 0 Å². The van der Waals surface area contributed by atoms with Gasteiger partial charge in [0.25, 0.3) is 0 Å². The van der Waals surface area contributed by atoms with Crippen LogP contribution in [0.5, 0.6) is 0 Å². The van der Waals surface area contributed by atoms with Crippen molar-refractivity contribution in [3.8, 4) is 0 Å². The monoisotopic (exact) mass is 191 g/mol. The lowest BCUT2D eigenvalue weighted by Gasteiger charge is -1.98. The van der Waals surface area contributed by atoms with Gasteiger partial charge < -0.3 is 0 Å². The van der Waals surface area contributed by atoms with Gasteiger partial charge in [-0.05, 0) is 6.07 Å². The molecule has 0 fully saturated rings. The van der Waals surface area contributed by atoms with Crippen molar-refractivity contribution in [3.05, 3.63) is 17.5 Å². The van der Waals surface area contributed by atoms with Crippen LogP contribution in [0.1, 0.15) is 11.4 Å². The predicted molar refractivity (Wildman–Crippen MR) is 35.4 cm³/mol. The molecule has 4 nitrogen and oxygen atoms in total. The number of nitrogens with zero attached hydrogens (tertiary/aromatic N) is 2. The molecule has 1 heterocycles. The highest BCUT2D eigenvalue weighted by Crippen LogP contribution is 2.27. The highest BCUT2D eigenvalue weighted by molar-refractivity contribution is 5.33. The molecular weight excluding hydrogens is 187 g/mol. The summed E-state index contributed by atoms with van der Waals surface area (Å²) in [6.07, 6.45) is -3.26. The third-order valence-corrected chi connectivity index (χ3v) is 1.24. The molecule has 0 amide bonds. The summed E-state index contributed by atoms with van der Waals surface area (Å²) in [5, 5.41) is 5.11. The Morgan fingerprint density at radius 2 is 2.31 bits per heavy atom. The lowest BCUT2D eigenvalue weighted by molar-refractivity contribution is -0.141. The molecule has 0 aliphatic heterocycles. The second kappa shape index (κ2) is 3.40. The van der Waals surface area contributed by atoms with Crippen molar-refractivity contribution in [2.24, 2.45) is 4.99 Å². The highest BCUT2D eigenvalue weighted by Gasteiger charge is 2.33. The number of hydrogen-bond acceptors (Lipinski definition) is 3. The highest BCUT2D eigenvalue weighted by atomic mass is 19.4. The minimum Gasteiger partial charge on any atom is -0.280 e. The second-order valence-corrected chi connectivity index (χ2v) is 2.18. The van der Waals surface area contributed by atoms with Gasteiger partial charge in [0.05, 0.1) is 12.2 Å². The summed E-state index contributed by atoms with van der Waals surface area (Å²) >= 11 is 0. The number of carbonyl (C=O) groups excluding carboxylic acids is 1. The number of halogens is 3. The standard InChI is InChI=1S/C6H4F3N3O/c7-6(8,9)5-1-4(11-12-5)2-10-3-13/h1H,2H2,(H,11,12). The first-order valence-electron chi connectivity index (χ1n) is 3.19. The summed E-state index contributed by atoms with van der Waals surface area (Å²) in [7, 11) is 0. The average molecular weight is 191 g/mol. The van der Waals surface area contributed by atoms with Gasteiger partial charge in [0.15, 0.2) is 5.69 Å². The number of aromatic nitrogens is 2. The van der Waals surface area contributed by atoms with Crippen LogP contribution in [-0.4, -0.2) is 16.3 Å². The lowest BCUT2D eigenvalue weighted by Crippen LogP contribution is -2.04. The Morgan fingerprint density at radius 1 is 1.62 bits per heavy atom. The second-order valence-electron chi connectivity index (χ2n) is 2.18. The van der Waals surface area contributed by atoms with E-state index in [9.17, 15) is 18.0 Å². The fourth-order valence-corrected chi connectivity index (χ4v) is 0.705. The van der Waals surface area contributed by atoms with Gasteiger partial charge in [-0.15, -0.1) is 0 Å². The van der Waals surface area contributed by atoms with E-state index in [1.54, 1.807) is 0 Å². The first-order chi connectivity index (χ1) is 6.04. The van der Waals surface area contributed by atoms with E-state index in [0.29, 0.717) is 0 Å². The Balaban J connectivity index is 2.80. The Kier molecular flexibility index (Phi) is 2.48. The Bertz CT molecular complexity index is 337. The SMILES string of the molecule is O=C=NCc1cc(C(F)(F)F)n[nH]1. The van der Waals surface area contributed by atoms with Crippen molar-refractivity contribution in [1.29, 1.82) is 0 Å². The zero-order valence-corrected chi connectivity index (χ0v) is 6.22. The van der Waals surface area contributed by atoms with Gasteiger partial charge in [-0.25, -0.2) is 4.79 Å². The van der Waals surface area contributed by atoms with Crippen LogP contribution in [0.4, 0.5) is 13.2 Å². The number of alkyl halides is 3. The molecule has 1 rings (SSSR count). The molecule has 0 unspecified atom stereocenters. The maximum absolute atomic E-state index is 11.9. The zero-order chi connectivity index (χ0) is 9.90. The largest absolute Gasteiger partial charge is 0.435 e. The number of rotatable bonds is 2. The third-order valence-electron chi connectivity index (χ3n) is 1.24. The quantitative estimate of drug-likeness (QED) is 0.565. The molecule has 0 aliphatic rings. The molecule has 0 saturated heterocycles. The topological polar surface area (TPSA) is 58.1 Å². The number of aromatic amines is 1. The molecule has 1 N–H and O–H groups in total. The molecule has 0 aliphatic carbocycles. The predicted octanol–water partition coefficient (Wildman–Crippen LogP) is 1.26. The number of nitrogens with one attached hydrogen (secondary N) is 1. The molecular formula is C6H4F3N3O. The number of aliphatic imine (C=N–C) groups is 1. The van der Waals surface area contributed by atoms with E-state index < -0.39 is 11.9 Å². The molecule has 70 valence electrons. The van der Waals surface area contributed by atoms with Crippen molar-refractivity contribution >= 4 is 6.08 Å². The van der Waals surface area contributed by atoms with Crippen molar-refractivity contribution in [2.45, 2.75) is 12.7 Å². The maximum atomic E-state index is 11.9. The van der Waals surface area contributed by atoms with Crippen molar-refractivity contribution in [3.63, 3.8) is 0 Å². The molecule has 7 heteroatoms. The van der Waals surface area contributed by atoms with E-state index in [0.717, 1.165) is 6.07 Å². The van der Waals surface area contributed by atoms with Crippen LogP contribution in [0.3, 0.4) is 0 Å². The smallest absolute Gasteiger partial charge is 0.280 e. The third kappa shape index (κ3) is 2.41. The normalized spacial score (nSPS) is 11.0. The molecule has 0 saturated carbocycles. The van der Waals surface area contributed by atoms with E-state index in [2.05, 4.69) is 15.2 Å². The fraction of sp³-hybridized carbons (Fsp3) is 0.333. The Hall–Kier alpha value is -1.62. The summed E-state index contributed by atoms with van der Waals surface area (Å²) in [5.41, 5.74) is -0.903. The fourth-order valence-electron chi connectivity index (χ4n) is 0.705. The first-order valence-corrected chi connectivity index (χ1v) is 3.19.